The summed E-state index contributed by atoms with van der Waals surface area (Å²) < 4.78 is 9.59. The van der Waals surface area contributed by atoms with Crippen molar-refractivity contribution in [1.82, 2.24) is 0 Å². The molecule has 0 spiro atoms. The number of esters is 2. The van der Waals surface area contributed by atoms with Gasteiger partial charge in [-0.15, -0.1) is 0 Å². The van der Waals surface area contributed by atoms with Gasteiger partial charge in [-0.05, 0) is 19.8 Å². The van der Waals surface area contributed by atoms with Crippen LogP contribution in [0.5, 0.6) is 0 Å². The minimum atomic E-state index is -0.390. The molecular formula is C11H16O4. The van der Waals surface area contributed by atoms with Crippen LogP contribution in [0.15, 0.2) is 12.2 Å². The van der Waals surface area contributed by atoms with Crippen molar-refractivity contribution < 1.29 is 19.1 Å². The first-order valence-electron chi connectivity index (χ1n) is 5.10. The molecule has 0 saturated heterocycles. The summed E-state index contributed by atoms with van der Waals surface area (Å²) in [5, 5.41) is 0. The van der Waals surface area contributed by atoms with Crippen LogP contribution in [0.2, 0.25) is 0 Å². The molecule has 0 N–H and O–H groups in total. The molecular weight excluding hydrogens is 196 g/mol. The minimum Gasteiger partial charge on any atom is -0.469 e. The second-order valence-electron chi connectivity index (χ2n) is 3.43. The predicted octanol–water partition coefficient (Wildman–Crippen LogP) is 1.30. The zero-order valence-corrected chi connectivity index (χ0v) is 9.06. The van der Waals surface area contributed by atoms with Crippen molar-refractivity contribution in [3.63, 3.8) is 0 Å². The molecule has 2 atom stereocenters. The molecule has 0 aromatic carbocycles. The van der Waals surface area contributed by atoms with E-state index in [9.17, 15) is 9.59 Å². The molecule has 0 radical (unpaired) electrons. The van der Waals surface area contributed by atoms with E-state index in [0.29, 0.717) is 19.4 Å². The Bertz CT molecular complexity index is 270. The fourth-order valence-electron chi connectivity index (χ4n) is 1.74. The van der Waals surface area contributed by atoms with Crippen LogP contribution in [0.4, 0.5) is 0 Å². The first-order valence-corrected chi connectivity index (χ1v) is 5.10. The Kier molecular flexibility index (Phi) is 4.34. The van der Waals surface area contributed by atoms with Crippen LogP contribution < -0.4 is 0 Å². The summed E-state index contributed by atoms with van der Waals surface area (Å²) in [5.74, 6) is -1.42. The Morgan fingerprint density at radius 1 is 1.20 bits per heavy atom. The van der Waals surface area contributed by atoms with Crippen molar-refractivity contribution in [1.29, 1.82) is 0 Å². The maximum absolute atomic E-state index is 11.6. The molecule has 2 unspecified atom stereocenters. The topological polar surface area (TPSA) is 52.6 Å². The Labute approximate surface area is 89.2 Å². The molecule has 84 valence electrons. The van der Waals surface area contributed by atoms with E-state index >= 15 is 0 Å². The van der Waals surface area contributed by atoms with E-state index in [1.807, 2.05) is 12.2 Å². The molecule has 1 rings (SSSR count). The van der Waals surface area contributed by atoms with E-state index in [-0.39, 0.29) is 23.8 Å². The first-order chi connectivity index (χ1) is 7.20. The van der Waals surface area contributed by atoms with Crippen LogP contribution in [-0.4, -0.2) is 25.7 Å². The Morgan fingerprint density at radius 2 is 1.73 bits per heavy atom. The van der Waals surface area contributed by atoms with Crippen molar-refractivity contribution >= 4 is 11.9 Å². The van der Waals surface area contributed by atoms with Gasteiger partial charge < -0.3 is 9.47 Å². The van der Waals surface area contributed by atoms with Gasteiger partial charge >= 0.3 is 11.9 Å². The van der Waals surface area contributed by atoms with Crippen LogP contribution in [0, 0.1) is 11.8 Å². The lowest BCUT2D eigenvalue weighted by Gasteiger charge is -2.24. The second-order valence-corrected chi connectivity index (χ2v) is 3.43. The number of carbonyl (C=O) groups excluding carboxylic acids is 2. The van der Waals surface area contributed by atoms with Crippen molar-refractivity contribution in [2.24, 2.45) is 11.8 Å². The molecule has 0 fully saturated rings. The number of ether oxygens (including phenoxy) is 2. The lowest BCUT2D eigenvalue weighted by Crippen LogP contribution is -2.33. The van der Waals surface area contributed by atoms with Gasteiger partial charge in [0.1, 0.15) is 0 Å². The highest BCUT2D eigenvalue weighted by Gasteiger charge is 2.35. The van der Waals surface area contributed by atoms with Crippen molar-refractivity contribution in [3.8, 4) is 0 Å². The average Bonchev–Trinajstić information content (AvgIpc) is 2.28. The number of rotatable bonds is 3. The third kappa shape index (κ3) is 2.81. The molecule has 15 heavy (non-hydrogen) atoms. The van der Waals surface area contributed by atoms with E-state index < -0.39 is 0 Å². The normalized spacial score (nSPS) is 24.7. The highest BCUT2D eigenvalue weighted by Crippen LogP contribution is 2.27. The molecule has 4 heteroatoms. The van der Waals surface area contributed by atoms with Crippen LogP contribution in [0.3, 0.4) is 0 Å². The molecule has 1 aliphatic carbocycles. The Hall–Kier alpha value is -1.32. The summed E-state index contributed by atoms with van der Waals surface area (Å²) in [7, 11) is 1.34. The molecule has 1 aliphatic rings. The fraction of sp³-hybridized carbons (Fsp3) is 0.636. The number of allylic oxidation sites excluding steroid dienone is 2. The second kappa shape index (κ2) is 5.53. The van der Waals surface area contributed by atoms with Gasteiger partial charge in [0.2, 0.25) is 0 Å². The van der Waals surface area contributed by atoms with E-state index in [1.165, 1.54) is 7.11 Å². The number of methoxy groups -OCH3 is 1. The third-order valence-corrected chi connectivity index (χ3v) is 2.53. The third-order valence-electron chi connectivity index (χ3n) is 2.53. The first kappa shape index (κ1) is 11.8. The number of hydrogen-bond donors (Lipinski definition) is 0. The molecule has 4 nitrogen and oxygen atoms in total. The maximum atomic E-state index is 11.6. The van der Waals surface area contributed by atoms with Gasteiger partial charge in [0, 0.05) is 0 Å². The summed E-state index contributed by atoms with van der Waals surface area (Å²) in [5.41, 5.74) is 0. The quantitative estimate of drug-likeness (QED) is 0.522. The molecule has 0 aromatic heterocycles. The van der Waals surface area contributed by atoms with Gasteiger partial charge in [-0.3, -0.25) is 9.59 Å². The maximum Gasteiger partial charge on any atom is 0.310 e. The van der Waals surface area contributed by atoms with E-state index in [2.05, 4.69) is 4.74 Å². The van der Waals surface area contributed by atoms with Crippen LogP contribution in [0.1, 0.15) is 19.8 Å². The molecule has 0 heterocycles. The smallest absolute Gasteiger partial charge is 0.310 e. The Morgan fingerprint density at radius 3 is 2.20 bits per heavy atom. The fourth-order valence-corrected chi connectivity index (χ4v) is 1.74. The highest BCUT2D eigenvalue weighted by molar-refractivity contribution is 5.82. The van der Waals surface area contributed by atoms with E-state index in [4.69, 9.17) is 4.74 Å². The van der Waals surface area contributed by atoms with Gasteiger partial charge in [0.25, 0.3) is 0 Å². The van der Waals surface area contributed by atoms with Gasteiger partial charge in [-0.2, -0.15) is 0 Å². The number of carbonyl (C=O) groups is 2. The number of hydrogen-bond acceptors (Lipinski definition) is 4. The lowest BCUT2D eigenvalue weighted by atomic mass is 9.83. The van der Waals surface area contributed by atoms with Crippen molar-refractivity contribution in [2.75, 3.05) is 13.7 Å². The average molecular weight is 212 g/mol. The standard InChI is InChI=1S/C11H16O4/c1-3-15-11(13)9-7-5-4-6-8(9)10(12)14-2/h4-5,8-9H,3,6-7H2,1-2H3. The van der Waals surface area contributed by atoms with Gasteiger partial charge in [-0.25, -0.2) is 0 Å². The van der Waals surface area contributed by atoms with Crippen LogP contribution >= 0.6 is 0 Å². The summed E-state index contributed by atoms with van der Waals surface area (Å²) >= 11 is 0. The van der Waals surface area contributed by atoms with Crippen LogP contribution in [-0.2, 0) is 19.1 Å². The zero-order chi connectivity index (χ0) is 11.3. The van der Waals surface area contributed by atoms with Gasteiger partial charge in [0.05, 0.1) is 25.6 Å². The van der Waals surface area contributed by atoms with Crippen molar-refractivity contribution in [3.05, 3.63) is 12.2 Å². The highest BCUT2D eigenvalue weighted by atomic mass is 16.5. The predicted molar refractivity (Wildman–Crippen MR) is 54.0 cm³/mol. The molecule has 0 amide bonds. The van der Waals surface area contributed by atoms with E-state index in [0.717, 1.165) is 0 Å². The molecule has 0 bridgehead atoms. The van der Waals surface area contributed by atoms with Crippen molar-refractivity contribution in [2.45, 2.75) is 19.8 Å². The van der Waals surface area contributed by atoms with E-state index in [1.54, 1.807) is 6.92 Å². The molecule has 0 saturated carbocycles. The summed E-state index contributed by atoms with van der Waals surface area (Å²) in [4.78, 5) is 23.0. The molecule has 0 aromatic rings. The van der Waals surface area contributed by atoms with Crippen LogP contribution in [0.25, 0.3) is 0 Å². The monoisotopic (exact) mass is 212 g/mol. The summed E-state index contributed by atoms with van der Waals surface area (Å²) in [6, 6.07) is 0. The summed E-state index contributed by atoms with van der Waals surface area (Å²) in [6.45, 7) is 2.09. The van der Waals surface area contributed by atoms with Gasteiger partial charge in [-0.1, -0.05) is 12.2 Å². The summed E-state index contributed by atoms with van der Waals surface area (Å²) in [6.07, 6.45) is 4.91. The SMILES string of the molecule is CCOC(=O)C1CC=CCC1C(=O)OC. The lowest BCUT2D eigenvalue weighted by molar-refractivity contribution is -0.159. The Balaban J connectivity index is 2.70. The minimum absolute atomic E-state index is 0.308. The molecule has 0 aliphatic heterocycles. The zero-order valence-electron chi connectivity index (χ0n) is 9.06. The largest absolute Gasteiger partial charge is 0.469 e. The van der Waals surface area contributed by atoms with Gasteiger partial charge in [0.15, 0.2) is 0 Å².